The highest BCUT2D eigenvalue weighted by Crippen LogP contribution is 2.45. The van der Waals surface area contributed by atoms with Gasteiger partial charge in [0.25, 0.3) is 0 Å². The summed E-state index contributed by atoms with van der Waals surface area (Å²) in [6.07, 6.45) is 67.9. The highest BCUT2D eigenvalue weighted by molar-refractivity contribution is 7.47. The van der Waals surface area contributed by atoms with Gasteiger partial charge in [-0.05, 0) is 37.5 Å². The number of carbonyl (C=O) groups excluding carboxylic acids is 4. The van der Waals surface area contributed by atoms with Crippen LogP contribution in [0.4, 0.5) is 0 Å². The van der Waals surface area contributed by atoms with Gasteiger partial charge in [0.2, 0.25) is 0 Å². The summed E-state index contributed by atoms with van der Waals surface area (Å²) in [5.41, 5.74) is 0. The summed E-state index contributed by atoms with van der Waals surface area (Å²) in [5, 5.41) is 10.7. The van der Waals surface area contributed by atoms with E-state index in [-0.39, 0.29) is 25.7 Å². The van der Waals surface area contributed by atoms with Crippen molar-refractivity contribution in [2.75, 3.05) is 39.6 Å². The maximum atomic E-state index is 13.1. The van der Waals surface area contributed by atoms with E-state index in [1.807, 2.05) is 0 Å². The largest absolute Gasteiger partial charge is 0.472 e. The molecule has 0 aromatic rings. The molecule has 3 N–H and O–H groups in total. The van der Waals surface area contributed by atoms with Crippen LogP contribution in [-0.4, -0.2) is 96.7 Å². The van der Waals surface area contributed by atoms with Gasteiger partial charge in [-0.25, -0.2) is 9.13 Å². The van der Waals surface area contributed by atoms with Gasteiger partial charge in [-0.15, -0.1) is 0 Å². The van der Waals surface area contributed by atoms with Gasteiger partial charge in [0.1, 0.15) is 19.3 Å². The molecular formula is C85H166O17P2. The first-order chi connectivity index (χ1) is 50.4. The number of phosphoric acid groups is 2. The molecular weight excluding hydrogens is 1350 g/mol. The minimum atomic E-state index is -4.96. The molecule has 0 bridgehead atoms. The second-order valence-corrected chi connectivity index (χ2v) is 34.2. The lowest BCUT2D eigenvalue weighted by Crippen LogP contribution is -2.30. The Balaban J connectivity index is 5.22. The van der Waals surface area contributed by atoms with Crippen LogP contribution in [0.1, 0.15) is 452 Å². The summed E-state index contributed by atoms with van der Waals surface area (Å²) < 4.78 is 68.8. The minimum absolute atomic E-state index is 0.108. The van der Waals surface area contributed by atoms with Crippen molar-refractivity contribution in [2.45, 2.75) is 471 Å². The van der Waals surface area contributed by atoms with E-state index in [0.29, 0.717) is 25.7 Å². The van der Waals surface area contributed by atoms with Crippen molar-refractivity contribution in [2.24, 2.45) is 11.8 Å². The third kappa shape index (κ3) is 76.8. The number of hydrogen-bond acceptors (Lipinski definition) is 15. The van der Waals surface area contributed by atoms with E-state index in [4.69, 9.17) is 37.0 Å². The Morgan fingerprint density at radius 2 is 0.490 bits per heavy atom. The van der Waals surface area contributed by atoms with Gasteiger partial charge in [0.05, 0.1) is 26.4 Å². The number of carbonyl (C=O) groups is 4. The molecule has 0 heterocycles. The van der Waals surface area contributed by atoms with Gasteiger partial charge in [-0.1, -0.05) is 401 Å². The molecule has 0 fully saturated rings. The molecule has 0 aromatic heterocycles. The Bertz CT molecular complexity index is 2000. The first-order valence-electron chi connectivity index (χ1n) is 44.0. The quantitative estimate of drug-likeness (QED) is 0.0222. The molecule has 0 rings (SSSR count). The monoisotopic (exact) mass is 1520 g/mol. The number of esters is 4. The van der Waals surface area contributed by atoms with Crippen LogP contribution in [0.25, 0.3) is 0 Å². The molecule has 17 nitrogen and oxygen atoms in total. The molecule has 618 valence electrons. The summed E-state index contributed by atoms with van der Waals surface area (Å²) in [4.78, 5) is 73.1. The van der Waals surface area contributed by atoms with Crippen molar-refractivity contribution < 1.29 is 80.2 Å². The van der Waals surface area contributed by atoms with Gasteiger partial charge in [0.15, 0.2) is 12.2 Å². The highest BCUT2D eigenvalue weighted by atomic mass is 31.2. The first-order valence-corrected chi connectivity index (χ1v) is 47.0. The fourth-order valence-electron chi connectivity index (χ4n) is 13.2. The number of rotatable bonds is 84. The van der Waals surface area contributed by atoms with Gasteiger partial charge in [0, 0.05) is 25.7 Å². The van der Waals surface area contributed by atoms with Crippen molar-refractivity contribution in [1.29, 1.82) is 0 Å². The molecule has 19 heteroatoms. The van der Waals surface area contributed by atoms with Crippen molar-refractivity contribution in [3.05, 3.63) is 0 Å². The number of unbranched alkanes of at least 4 members (excludes halogenated alkanes) is 53. The molecule has 0 saturated heterocycles. The predicted molar refractivity (Wildman–Crippen MR) is 428 cm³/mol. The number of phosphoric ester groups is 2. The lowest BCUT2D eigenvalue weighted by Gasteiger charge is -2.21. The molecule has 104 heavy (non-hydrogen) atoms. The van der Waals surface area contributed by atoms with E-state index in [9.17, 15) is 43.2 Å². The molecule has 0 aliphatic carbocycles. The third-order valence-corrected chi connectivity index (χ3v) is 22.2. The average Bonchev–Trinajstić information content (AvgIpc) is 0.911. The summed E-state index contributed by atoms with van der Waals surface area (Å²) in [7, 11) is -9.92. The number of aliphatic hydroxyl groups is 1. The van der Waals surface area contributed by atoms with Gasteiger partial charge < -0.3 is 33.8 Å². The van der Waals surface area contributed by atoms with E-state index < -0.39 is 97.5 Å². The van der Waals surface area contributed by atoms with E-state index in [1.54, 1.807) is 0 Å². The van der Waals surface area contributed by atoms with Crippen LogP contribution in [0, 0.1) is 11.8 Å². The van der Waals surface area contributed by atoms with Crippen LogP contribution in [0.2, 0.25) is 0 Å². The fourth-order valence-corrected chi connectivity index (χ4v) is 14.8. The van der Waals surface area contributed by atoms with Crippen LogP contribution < -0.4 is 0 Å². The second kappa shape index (κ2) is 76.4. The van der Waals surface area contributed by atoms with Crippen molar-refractivity contribution in [3.8, 4) is 0 Å². The van der Waals surface area contributed by atoms with Crippen LogP contribution in [-0.2, 0) is 65.4 Å². The van der Waals surface area contributed by atoms with Gasteiger partial charge in [-0.2, -0.15) is 0 Å². The zero-order chi connectivity index (χ0) is 76.4. The lowest BCUT2D eigenvalue weighted by atomic mass is 9.99. The van der Waals surface area contributed by atoms with E-state index in [2.05, 4.69) is 41.5 Å². The molecule has 0 aliphatic heterocycles. The maximum Gasteiger partial charge on any atom is 0.472 e. The number of ether oxygens (including phenoxy) is 4. The molecule has 0 spiro atoms. The third-order valence-electron chi connectivity index (χ3n) is 20.3. The minimum Gasteiger partial charge on any atom is -0.462 e. The van der Waals surface area contributed by atoms with E-state index >= 15 is 0 Å². The molecule has 0 aliphatic rings. The average molecular weight is 1520 g/mol. The number of aliphatic hydroxyl groups excluding tert-OH is 1. The maximum absolute atomic E-state index is 13.1. The van der Waals surface area contributed by atoms with E-state index in [1.165, 1.54) is 270 Å². The lowest BCUT2D eigenvalue weighted by molar-refractivity contribution is -0.161. The van der Waals surface area contributed by atoms with Gasteiger partial charge in [-0.3, -0.25) is 37.3 Å². The molecule has 0 saturated carbocycles. The molecule has 0 radical (unpaired) electrons. The van der Waals surface area contributed by atoms with Crippen LogP contribution in [0.5, 0.6) is 0 Å². The summed E-state index contributed by atoms with van der Waals surface area (Å²) in [5.74, 6) is -0.425. The Kier molecular flexibility index (Phi) is 75.0. The Labute approximate surface area is 638 Å². The van der Waals surface area contributed by atoms with Crippen LogP contribution >= 0.6 is 15.6 Å². The summed E-state index contributed by atoms with van der Waals surface area (Å²) in [6.45, 7) is 9.75. The Morgan fingerprint density at radius 3 is 0.731 bits per heavy atom. The zero-order valence-corrected chi connectivity index (χ0v) is 70.1. The normalized spacial score (nSPS) is 14.1. The first kappa shape index (κ1) is 102. The van der Waals surface area contributed by atoms with Crippen molar-refractivity contribution in [1.82, 2.24) is 0 Å². The smallest absolute Gasteiger partial charge is 0.462 e. The van der Waals surface area contributed by atoms with E-state index in [0.717, 1.165) is 102 Å². The SMILES string of the molecule is CCCCCCCCCCCCCCCCC(=O)O[C@H](COC(=O)CCCCCCCCCCCC)COP(=O)(O)OC[C@H](O)COP(=O)(O)OC[C@@H](COC(=O)CCCCCCCCCCCCCCCCCC(C)C)OC(=O)CCCCCCCCCCCCCCCCCCCCC(C)CC. The Hall–Kier alpha value is -1.94. The van der Waals surface area contributed by atoms with Gasteiger partial charge >= 0.3 is 39.5 Å². The Morgan fingerprint density at radius 1 is 0.279 bits per heavy atom. The van der Waals surface area contributed by atoms with Crippen molar-refractivity contribution in [3.63, 3.8) is 0 Å². The molecule has 6 atom stereocenters. The predicted octanol–water partition coefficient (Wildman–Crippen LogP) is 25.8. The number of hydrogen-bond donors (Lipinski definition) is 3. The topological polar surface area (TPSA) is 237 Å². The fraction of sp³-hybridized carbons (Fsp3) is 0.953. The second-order valence-electron chi connectivity index (χ2n) is 31.3. The van der Waals surface area contributed by atoms with Crippen molar-refractivity contribution >= 4 is 39.5 Å². The zero-order valence-electron chi connectivity index (χ0n) is 68.3. The standard InChI is InChI=1S/C85H166O17P2/c1-7-10-12-14-16-18-20-21-33-39-45-51-57-63-69-84(89)101-80(73-95-82(87)67-61-55-49-43-19-17-15-13-11-8-2)75-99-103(91,92)97-71-79(86)72-98-104(93,94)100-76-81(74-96-83(88)68-62-56-50-44-38-34-30-26-27-31-36-41-47-53-59-65-77(4)5)102-85(90)70-64-58-52-46-40-35-29-25-23-22-24-28-32-37-42-48-54-60-66-78(6)9-3/h77-81,86H,7-76H2,1-6H3,(H,91,92)(H,93,94)/t78?,79-,80+,81+/m0/s1. The molecule has 0 amide bonds. The summed E-state index contributed by atoms with van der Waals surface area (Å²) >= 11 is 0. The highest BCUT2D eigenvalue weighted by Gasteiger charge is 2.30. The van der Waals surface area contributed by atoms with Crippen LogP contribution in [0.15, 0.2) is 0 Å². The van der Waals surface area contributed by atoms with Crippen LogP contribution in [0.3, 0.4) is 0 Å². The molecule has 3 unspecified atom stereocenters. The molecule has 0 aromatic carbocycles. The summed E-state index contributed by atoms with van der Waals surface area (Å²) in [6, 6.07) is 0.